The lowest BCUT2D eigenvalue weighted by Gasteiger charge is -2.22. The zero-order valence-electron chi connectivity index (χ0n) is 15.5. The van der Waals surface area contributed by atoms with Crippen LogP contribution in [0.1, 0.15) is 58.8 Å². The van der Waals surface area contributed by atoms with E-state index in [1.807, 2.05) is 7.05 Å². The highest BCUT2D eigenvalue weighted by atomic mass is 127. The largest absolute Gasteiger partial charge is 0.356 e. The van der Waals surface area contributed by atoms with E-state index in [2.05, 4.69) is 34.4 Å². The van der Waals surface area contributed by atoms with Gasteiger partial charge < -0.3 is 15.5 Å². The molecule has 0 spiro atoms. The van der Waals surface area contributed by atoms with Gasteiger partial charge in [-0.15, -0.1) is 24.0 Å². The molecule has 2 N–H and O–H groups in total. The van der Waals surface area contributed by atoms with Crippen LogP contribution in [0, 0.1) is 11.8 Å². The van der Waals surface area contributed by atoms with Gasteiger partial charge in [0.2, 0.25) is 5.91 Å². The number of likely N-dealkylation sites (tertiary alicyclic amines) is 1. The maximum atomic E-state index is 12.5. The van der Waals surface area contributed by atoms with E-state index in [4.69, 9.17) is 0 Å². The molecule has 1 saturated heterocycles. The van der Waals surface area contributed by atoms with Gasteiger partial charge in [0.05, 0.1) is 0 Å². The molecule has 1 amide bonds. The minimum absolute atomic E-state index is 0. The molecule has 1 heterocycles. The minimum Gasteiger partial charge on any atom is -0.356 e. The fourth-order valence-electron chi connectivity index (χ4n) is 3.72. The van der Waals surface area contributed by atoms with Crippen LogP contribution >= 0.6 is 24.0 Å². The van der Waals surface area contributed by atoms with Gasteiger partial charge in [-0.1, -0.05) is 39.5 Å². The Balaban J connectivity index is 0.00000288. The number of guanidine groups is 1. The van der Waals surface area contributed by atoms with E-state index in [1.54, 1.807) is 0 Å². The van der Waals surface area contributed by atoms with Crippen molar-refractivity contribution < 1.29 is 4.79 Å². The summed E-state index contributed by atoms with van der Waals surface area (Å²) in [6.07, 6.45) is 8.01. The number of amides is 1. The number of carbonyl (C=O) groups excluding carboxylic acids is 1. The second-order valence-electron chi connectivity index (χ2n) is 7.03. The van der Waals surface area contributed by atoms with Crippen molar-refractivity contribution in [3.05, 3.63) is 0 Å². The number of nitrogens with zero attached hydrogens (tertiary/aromatic N) is 2. The monoisotopic (exact) mass is 450 g/mol. The van der Waals surface area contributed by atoms with Crippen molar-refractivity contribution in [2.45, 2.75) is 64.8 Å². The summed E-state index contributed by atoms with van der Waals surface area (Å²) in [5.41, 5.74) is 0. The molecule has 2 fully saturated rings. The van der Waals surface area contributed by atoms with E-state index >= 15 is 0 Å². The standard InChI is InChI=1S/C18H34N4O.HI/c1-4-14(5-2)12-20-18(19-3)21-16-10-11-22(13-16)17(23)15-8-6-7-9-15;/h14-16H,4-13H2,1-3H3,(H2,19,20,21);1H. The Hall–Kier alpha value is -0.530. The molecule has 0 aromatic heterocycles. The first-order chi connectivity index (χ1) is 11.2. The van der Waals surface area contributed by atoms with Gasteiger partial charge in [0.1, 0.15) is 0 Å². The normalized spacial score (nSPS) is 21.9. The molecule has 1 saturated carbocycles. The Kier molecular flexibility index (Phi) is 10.0. The second-order valence-corrected chi connectivity index (χ2v) is 7.03. The quantitative estimate of drug-likeness (QED) is 0.372. The van der Waals surface area contributed by atoms with E-state index in [0.717, 1.165) is 44.9 Å². The van der Waals surface area contributed by atoms with Crippen LogP contribution in [-0.4, -0.2) is 49.5 Å². The van der Waals surface area contributed by atoms with Crippen LogP contribution in [0.15, 0.2) is 4.99 Å². The third kappa shape index (κ3) is 6.08. The third-order valence-corrected chi connectivity index (χ3v) is 5.48. The fourth-order valence-corrected chi connectivity index (χ4v) is 3.72. The Morgan fingerprint density at radius 2 is 1.88 bits per heavy atom. The minimum atomic E-state index is 0. The van der Waals surface area contributed by atoms with E-state index in [-0.39, 0.29) is 24.0 Å². The fraction of sp³-hybridized carbons (Fsp3) is 0.889. The summed E-state index contributed by atoms with van der Waals surface area (Å²) < 4.78 is 0. The topological polar surface area (TPSA) is 56.7 Å². The molecule has 6 heteroatoms. The molecule has 1 atom stereocenters. The highest BCUT2D eigenvalue weighted by molar-refractivity contribution is 14.0. The van der Waals surface area contributed by atoms with Gasteiger partial charge in [0.25, 0.3) is 0 Å². The van der Waals surface area contributed by atoms with Crippen molar-refractivity contribution in [3.63, 3.8) is 0 Å². The summed E-state index contributed by atoms with van der Waals surface area (Å²) in [6, 6.07) is 0.327. The third-order valence-electron chi connectivity index (χ3n) is 5.48. The molecule has 2 aliphatic rings. The molecule has 1 unspecified atom stereocenters. The SMILES string of the molecule is CCC(CC)CNC(=NC)NC1CCN(C(=O)C2CCCC2)C1.I. The number of halogens is 1. The Bertz CT molecular complexity index is 406. The lowest BCUT2D eigenvalue weighted by atomic mass is 10.0. The van der Waals surface area contributed by atoms with E-state index in [1.165, 1.54) is 25.7 Å². The van der Waals surface area contributed by atoms with Crippen LogP contribution in [0.4, 0.5) is 0 Å². The van der Waals surface area contributed by atoms with Gasteiger partial charge in [-0.3, -0.25) is 9.79 Å². The molecule has 1 aliphatic heterocycles. The first-order valence-electron chi connectivity index (χ1n) is 9.43. The number of hydrogen-bond donors (Lipinski definition) is 2. The summed E-state index contributed by atoms with van der Waals surface area (Å²) in [7, 11) is 1.82. The predicted octanol–water partition coefficient (Wildman–Crippen LogP) is 3.00. The number of aliphatic imine (C=N–C) groups is 1. The Morgan fingerprint density at radius 1 is 1.21 bits per heavy atom. The van der Waals surface area contributed by atoms with Crippen LogP contribution in [0.5, 0.6) is 0 Å². The maximum Gasteiger partial charge on any atom is 0.225 e. The molecule has 24 heavy (non-hydrogen) atoms. The van der Waals surface area contributed by atoms with Crippen LogP contribution in [0.25, 0.3) is 0 Å². The van der Waals surface area contributed by atoms with Crippen molar-refractivity contribution >= 4 is 35.8 Å². The first-order valence-corrected chi connectivity index (χ1v) is 9.43. The second kappa shape index (κ2) is 11.2. The molecule has 0 aromatic rings. The molecule has 5 nitrogen and oxygen atoms in total. The molecule has 0 aromatic carbocycles. The summed E-state index contributed by atoms with van der Waals surface area (Å²) in [5, 5.41) is 6.92. The smallest absolute Gasteiger partial charge is 0.225 e. The predicted molar refractivity (Wildman–Crippen MR) is 111 cm³/mol. The zero-order chi connectivity index (χ0) is 16.7. The first kappa shape index (κ1) is 21.5. The molecule has 2 rings (SSSR count). The van der Waals surface area contributed by atoms with Gasteiger partial charge in [-0.2, -0.15) is 0 Å². The van der Waals surface area contributed by atoms with Crippen molar-refractivity contribution in [2.75, 3.05) is 26.7 Å². The van der Waals surface area contributed by atoms with Crippen LogP contribution in [0.2, 0.25) is 0 Å². The molecule has 140 valence electrons. The van der Waals surface area contributed by atoms with Crippen molar-refractivity contribution in [1.82, 2.24) is 15.5 Å². The average Bonchev–Trinajstić information content (AvgIpc) is 3.25. The van der Waals surface area contributed by atoms with Gasteiger partial charge in [-0.25, -0.2) is 0 Å². The number of carbonyl (C=O) groups is 1. The van der Waals surface area contributed by atoms with Crippen molar-refractivity contribution in [1.29, 1.82) is 0 Å². The van der Waals surface area contributed by atoms with E-state index in [9.17, 15) is 4.79 Å². The molecular weight excluding hydrogens is 415 g/mol. The summed E-state index contributed by atoms with van der Waals surface area (Å²) in [5.74, 6) is 2.24. The summed E-state index contributed by atoms with van der Waals surface area (Å²) in [4.78, 5) is 18.9. The van der Waals surface area contributed by atoms with Crippen LogP contribution in [-0.2, 0) is 4.79 Å². The maximum absolute atomic E-state index is 12.5. The zero-order valence-corrected chi connectivity index (χ0v) is 17.8. The highest BCUT2D eigenvalue weighted by Gasteiger charge is 2.32. The molecular formula is C18H35IN4O. The van der Waals surface area contributed by atoms with Crippen molar-refractivity contribution in [3.8, 4) is 0 Å². The van der Waals surface area contributed by atoms with Gasteiger partial charge in [0.15, 0.2) is 5.96 Å². The lowest BCUT2D eigenvalue weighted by Crippen LogP contribution is -2.46. The summed E-state index contributed by atoms with van der Waals surface area (Å²) in [6.45, 7) is 7.13. The Morgan fingerprint density at radius 3 is 2.46 bits per heavy atom. The van der Waals surface area contributed by atoms with Crippen LogP contribution in [0.3, 0.4) is 0 Å². The number of hydrogen-bond acceptors (Lipinski definition) is 2. The van der Waals surface area contributed by atoms with Gasteiger partial charge >= 0.3 is 0 Å². The lowest BCUT2D eigenvalue weighted by molar-refractivity contribution is -0.134. The van der Waals surface area contributed by atoms with Crippen molar-refractivity contribution in [2.24, 2.45) is 16.8 Å². The van der Waals surface area contributed by atoms with Gasteiger partial charge in [0, 0.05) is 38.6 Å². The van der Waals surface area contributed by atoms with Gasteiger partial charge in [-0.05, 0) is 25.2 Å². The number of nitrogens with one attached hydrogen (secondary N) is 2. The average molecular weight is 450 g/mol. The van der Waals surface area contributed by atoms with E-state index < -0.39 is 0 Å². The van der Waals surface area contributed by atoms with E-state index in [0.29, 0.717) is 23.8 Å². The Labute approximate surface area is 164 Å². The number of rotatable bonds is 6. The molecule has 0 radical (unpaired) electrons. The van der Waals surface area contributed by atoms with Crippen LogP contribution < -0.4 is 10.6 Å². The highest BCUT2D eigenvalue weighted by Crippen LogP contribution is 2.27. The molecule has 1 aliphatic carbocycles. The summed E-state index contributed by atoms with van der Waals surface area (Å²) >= 11 is 0. The molecule has 0 bridgehead atoms.